The lowest BCUT2D eigenvalue weighted by atomic mass is 10.2. The summed E-state index contributed by atoms with van der Waals surface area (Å²) in [6, 6.07) is 13.8. The Morgan fingerprint density at radius 2 is 1.64 bits per heavy atom. The van der Waals surface area contributed by atoms with Crippen molar-refractivity contribution in [2.75, 3.05) is 6.61 Å². The van der Waals surface area contributed by atoms with Crippen molar-refractivity contribution in [1.29, 1.82) is 0 Å². The monoisotopic (exact) mass is 375 g/mol. The first-order valence-corrected chi connectivity index (χ1v) is 9.40. The molecule has 0 spiro atoms. The van der Waals surface area contributed by atoms with Crippen molar-refractivity contribution in [2.45, 2.75) is 40.5 Å². The predicted octanol–water partition coefficient (Wildman–Crippen LogP) is 4.23. The Morgan fingerprint density at radius 1 is 0.893 bits per heavy atom. The fourth-order valence-electron chi connectivity index (χ4n) is 2.84. The van der Waals surface area contributed by atoms with E-state index in [2.05, 4.69) is 25.1 Å². The topological polar surface area (TPSA) is 73.2 Å². The highest BCUT2D eigenvalue weighted by Gasteiger charge is 2.06. The minimum absolute atomic E-state index is 0.523. The van der Waals surface area contributed by atoms with Gasteiger partial charge in [0.2, 0.25) is 0 Å². The van der Waals surface area contributed by atoms with Crippen molar-refractivity contribution in [2.24, 2.45) is 5.16 Å². The number of rotatable bonds is 7. The van der Waals surface area contributed by atoms with Gasteiger partial charge in [-0.25, -0.2) is 15.0 Å². The van der Waals surface area contributed by atoms with Crippen molar-refractivity contribution in [1.82, 2.24) is 19.9 Å². The maximum absolute atomic E-state index is 5.45. The SMILES string of the molecule is C/C(=N\OCCCc1cccc(-c2nc(C)cc(C)n2)n1)c1cccc(C)n1. The van der Waals surface area contributed by atoms with Crippen LogP contribution in [0.5, 0.6) is 0 Å². The molecule has 3 aromatic heterocycles. The van der Waals surface area contributed by atoms with Gasteiger partial charge >= 0.3 is 0 Å². The number of nitrogens with zero attached hydrogens (tertiary/aromatic N) is 5. The Bertz CT molecular complexity index is 964. The molecule has 3 heterocycles. The molecule has 0 aliphatic heterocycles. The second-order valence-electron chi connectivity index (χ2n) is 6.77. The molecule has 144 valence electrons. The van der Waals surface area contributed by atoms with E-state index in [0.717, 1.165) is 52.7 Å². The van der Waals surface area contributed by atoms with Crippen LogP contribution in [0.4, 0.5) is 0 Å². The van der Waals surface area contributed by atoms with Gasteiger partial charge in [-0.3, -0.25) is 4.98 Å². The third-order valence-electron chi connectivity index (χ3n) is 4.15. The fraction of sp³-hybridized carbons (Fsp3) is 0.318. The van der Waals surface area contributed by atoms with E-state index in [1.807, 2.05) is 70.2 Å². The highest BCUT2D eigenvalue weighted by Crippen LogP contribution is 2.14. The molecule has 0 N–H and O–H groups in total. The van der Waals surface area contributed by atoms with Crippen molar-refractivity contribution in [3.8, 4) is 11.5 Å². The van der Waals surface area contributed by atoms with Crippen LogP contribution in [-0.2, 0) is 11.3 Å². The number of hydrogen-bond acceptors (Lipinski definition) is 6. The fourth-order valence-corrected chi connectivity index (χ4v) is 2.84. The standard InChI is InChI=1S/C22H25N5O/c1-15-8-5-11-20(23-15)18(4)27-28-13-7-10-19-9-6-12-21(26-19)22-24-16(2)14-17(3)25-22/h5-6,8-9,11-12,14H,7,10,13H2,1-4H3/b27-18+. The van der Waals surface area contributed by atoms with Crippen LogP contribution in [0, 0.1) is 20.8 Å². The van der Waals surface area contributed by atoms with E-state index in [-0.39, 0.29) is 0 Å². The summed E-state index contributed by atoms with van der Waals surface area (Å²) in [6.45, 7) is 8.32. The first kappa shape index (κ1) is 19.6. The van der Waals surface area contributed by atoms with Gasteiger partial charge in [-0.05, 0) is 70.9 Å². The summed E-state index contributed by atoms with van der Waals surface area (Å²) in [6.07, 6.45) is 1.62. The average molecular weight is 375 g/mol. The third-order valence-corrected chi connectivity index (χ3v) is 4.15. The smallest absolute Gasteiger partial charge is 0.178 e. The van der Waals surface area contributed by atoms with Crippen LogP contribution >= 0.6 is 0 Å². The second kappa shape index (κ2) is 9.17. The summed E-state index contributed by atoms with van der Waals surface area (Å²) in [5, 5.41) is 4.16. The van der Waals surface area contributed by atoms with Crippen LogP contribution in [0.25, 0.3) is 11.5 Å². The summed E-state index contributed by atoms with van der Waals surface area (Å²) in [7, 11) is 0. The second-order valence-corrected chi connectivity index (χ2v) is 6.77. The normalized spacial score (nSPS) is 11.5. The van der Waals surface area contributed by atoms with Crippen LogP contribution in [0.3, 0.4) is 0 Å². The molecule has 0 saturated carbocycles. The molecular weight excluding hydrogens is 350 g/mol. The number of hydrogen-bond donors (Lipinski definition) is 0. The predicted molar refractivity (Wildman–Crippen MR) is 110 cm³/mol. The molecule has 0 fully saturated rings. The molecule has 0 aliphatic rings. The number of aryl methyl sites for hydroxylation is 4. The number of aromatic nitrogens is 4. The summed E-state index contributed by atoms with van der Waals surface area (Å²) in [4.78, 5) is 23.6. The Labute approximate surface area is 165 Å². The quantitative estimate of drug-likeness (QED) is 0.351. The molecule has 6 nitrogen and oxygen atoms in total. The van der Waals surface area contributed by atoms with Crippen molar-refractivity contribution < 1.29 is 4.84 Å². The Balaban J connectivity index is 1.55. The molecule has 0 radical (unpaired) electrons. The van der Waals surface area contributed by atoms with Crippen molar-refractivity contribution in [3.63, 3.8) is 0 Å². The highest BCUT2D eigenvalue weighted by molar-refractivity contribution is 5.96. The van der Waals surface area contributed by atoms with E-state index in [0.29, 0.717) is 12.4 Å². The molecule has 3 rings (SSSR count). The first-order chi connectivity index (χ1) is 13.5. The molecule has 3 aromatic rings. The molecular formula is C22H25N5O. The number of oxime groups is 1. The summed E-state index contributed by atoms with van der Waals surface area (Å²) >= 11 is 0. The van der Waals surface area contributed by atoms with Crippen LogP contribution in [0.1, 0.15) is 41.8 Å². The Morgan fingerprint density at radius 3 is 2.39 bits per heavy atom. The van der Waals surface area contributed by atoms with E-state index in [1.54, 1.807) is 0 Å². The average Bonchev–Trinajstić information content (AvgIpc) is 2.67. The van der Waals surface area contributed by atoms with Gasteiger partial charge in [-0.15, -0.1) is 0 Å². The highest BCUT2D eigenvalue weighted by atomic mass is 16.6. The van der Waals surface area contributed by atoms with Gasteiger partial charge in [0.05, 0.1) is 5.69 Å². The van der Waals surface area contributed by atoms with Crippen LogP contribution in [0.15, 0.2) is 47.6 Å². The minimum atomic E-state index is 0.523. The zero-order chi connectivity index (χ0) is 19.9. The summed E-state index contributed by atoms with van der Waals surface area (Å²) < 4.78 is 0. The van der Waals surface area contributed by atoms with Crippen LogP contribution in [-0.4, -0.2) is 32.3 Å². The third kappa shape index (κ3) is 5.42. The molecule has 0 bridgehead atoms. The maximum atomic E-state index is 5.45. The van der Waals surface area contributed by atoms with Crippen molar-refractivity contribution in [3.05, 3.63) is 70.9 Å². The van der Waals surface area contributed by atoms with Gasteiger partial charge in [0, 0.05) is 22.8 Å². The zero-order valence-electron chi connectivity index (χ0n) is 16.8. The van der Waals surface area contributed by atoms with E-state index < -0.39 is 0 Å². The van der Waals surface area contributed by atoms with Gasteiger partial charge in [0.15, 0.2) is 5.82 Å². The molecule has 0 saturated heterocycles. The van der Waals surface area contributed by atoms with E-state index in [4.69, 9.17) is 4.84 Å². The maximum Gasteiger partial charge on any atom is 0.178 e. The van der Waals surface area contributed by atoms with Crippen LogP contribution in [0.2, 0.25) is 0 Å². The lowest BCUT2D eigenvalue weighted by Crippen LogP contribution is -2.02. The lowest BCUT2D eigenvalue weighted by Gasteiger charge is -2.06. The Hall–Kier alpha value is -3.15. The van der Waals surface area contributed by atoms with E-state index in [1.165, 1.54) is 0 Å². The molecule has 0 aromatic carbocycles. The van der Waals surface area contributed by atoms with Gasteiger partial charge in [0.25, 0.3) is 0 Å². The van der Waals surface area contributed by atoms with Gasteiger partial charge < -0.3 is 4.84 Å². The lowest BCUT2D eigenvalue weighted by molar-refractivity contribution is 0.141. The first-order valence-electron chi connectivity index (χ1n) is 9.40. The van der Waals surface area contributed by atoms with E-state index in [9.17, 15) is 0 Å². The molecule has 28 heavy (non-hydrogen) atoms. The molecule has 0 atom stereocenters. The molecule has 6 heteroatoms. The van der Waals surface area contributed by atoms with Gasteiger partial charge in [0.1, 0.15) is 18.0 Å². The zero-order valence-corrected chi connectivity index (χ0v) is 16.8. The summed E-state index contributed by atoms with van der Waals surface area (Å²) in [5.41, 5.74) is 6.25. The molecule has 0 aliphatic carbocycles. The molecule has 0 unspecified atom stereocenters. The molecule has 0 amide bonds. The minimum Gasteiger partial charge on any atom is -0.396 e. The van der Waals surface area contributed by atoms with E-state index >= 15 is 0 Å². The van der Waals surface area contributed by atoms with Gasteiger partial charge in [-0.1, -0.05) is 17.3 Å². The van der Waals surface area contributed by atoms with Gasteiger partial charge in [-0.2, -0.15) is 0 Å². The summed E-state index contributed by atoms with van der Waals surface area (Å²) in [5.74, 6) is 0.668. The van der Waals surface area contributed by atoms with Crippen LogP contribution < -0.4 is 0 Å². The number of pyridine rings is 2. The largest absolute Gasteiger partial charge is 0.396 e. The Kier molecular flexibility index (Phi) is 6.42. The van der Waals surface area contributed by atoms with Crippen molar-refractivity contribution >= 4 is 5.71 Å².